The van der Waals surface area contributed by atoms with Crippen LogP contribution in [0.15, 0.2) is 58.6 Å². The zero-order valence-electron chi connectivity index (χ0n) is 20.8. The molecule has 0 spiro atoms. The highest BCUT2D eigenvalue weighted by Crippen LogP contribution is 2.34. The van der Waals surface area contributed by atoms with Gasteiger partial charge in [-0.3, -0.25) is 19.3 Å². The van der Waals surface area contributed by atoms with Gasteiger partial charge in [0.2, 0.25) is 0 Å². The van der Waals surface area contributed by atoms with Crippen molar-refractivity contribution in [3.05, 3.63) is 81.1 Å². The summed E-state index contributed by atoms with van der Waals surface area (Å²) in [6, 6.07) is 4.67. The number of ether oxygens (including phenoxy) is 1. The van der Waals surface area contributed by atoms with Crippen LogP contribution >= 0.6 is 0 Å². The molecule has 5 rings (SSSR count). The summed E-state index contributed by atoms with van der Waals surface area (Å²) >= 11 is 0. The van der Waals surface area contributed by atoms with Crippen LogP contribution in [0.4, 0.5) is 13.2 Å². The van der Waals surface area contributed by atoms with E-state index in [9.17, 15) is 18.0 Å². The van der Waals surface area contributed by atoms with E-state index < -0.39 is 6.61 Å². The van der Waals surface area contributed by atoms with Crippen molar-refractivity contribution in [3.63, 3.8) is 0 Å². The average molecular weight is 512 g/mol. The molecule has 0 radical (unpaired) electrons. The standard InChI is InChI=1S/C27H28F3N5O2/c1-16-5-3-6-20(28)24(16)34-11-8-18(9-12-34)19-13-21-25(33-17(2)14-32-21)35(26(19)36)15-22-23(37-27(29)30)7-4-10-31-22/h4-5,7,10,13-14,18,27H,3,6,8-9,11-12,15H2,1-2H3. The lowest BCUT2D eigenvalue weighted by atomic mass is 9.88. The SMILES string of the molecule is CC1=CCCC(F)=C1N1CCC(c2cc3ncc(C)nc3n(Cc3ncccc3OC(F)F)c2=O)CC1. The van der Waals surface area contributed by atoms with E-state index in [0.29, 0.717) is 60.5 Å². The van der Waals surface area contributed by atoms with Gasteiger partial charge >= 0.3 is 6.61 Å². The second-order valence-electron chi connectivity index (χ2n) is 9.48. The second-order valence-corrected chi connectivity index (χ2v) is 9.48. The first kappa shape index (κ1) is 25.0. The van der Waals surface area contributed by atoms with Crippen LogP contribution in [0.2, 0.25) is 0 Å². The molecular weight excluding hydrogens is 483 g/mol. The zero-order chi connectivity index (χ0) is 26.1. The Kier molecular flexibility index (Phi) is 6.99. The molecular formula is C27H28F3N5O2. The summed E-state index contributed by atoms with van der Waals surface area (Å²) in [5.41, 5.74) is 3.68. The second kappa shape index (κ2) is 10.4. The molecule has 1 aliphatic heterocycles. The fourth-order valence-electron chi connectivity index (χ4n) is 5.25. The molecule has 7 nitrogen and oxygen atoms in total. The Bertz CT molecular complexity index is 1440. The van der Waals surface area contributed by atoms with Gasteiger partial charge in [-0.1, -0.05) is 6.08 Å². The van der Waals surface area contributed by atoms with Gasteiger partial charge in [0.15, 0.2) is 5.65 Å². The largest absolute Gasteiger partial charge is 0.433 e. The van der Waals surface area contributed by atoms with Crippen molar-refractivity contribution in [2.45, 2.75) is 58.6 Å². The number of alkyl halides is 2. The minimum Gasteiger partial charge on any atom is -0.433 e. The fourth-order valence-corrected chi connectivity index (χ4v) is 5.25. The first-order valence-electron chi connectivity index (χ1n) is 12.4. The van der Waals surface area contributed by atoms with Crippen LogP contribution in [0.25, 0.3) is 11.2 Å². The summed E-state index contributed by atoms with van der Waals surface area (Å²) in [6.07, 6.45) is 7.65. The number of rotatable bonds is 6. The normalized spacial score (nSPS) is 17.0. The number of hydrogen-bond acceptors (Lipinski definition) is 6. The van der Waals surface area contributed by atoms with Crippen LogP contribution in [0.1, 0.15) is 55.5 Å². The highest BCUT2D eigenvalue weighted by Gasteiger charge is 2.28. The Morgan fingerprint density at radius 1 is 1.19 bits per heavy atom. The number of aromatic nitrogens is 4. The highest BCUT2D eigenvalue weighted by molar-refractivity contribution is 5.71. The lowest BCUT2D eigenvalue weighted by Gasteiger charge is -2.36. The topological polar surface area (TPSA) is 73.1 Å². The number of likely N-dealkylation sites (tertiary alicyclic amines) is 1. The van der Waals surface area contributed by atoms with Gasteiger partial charge in [0.05, 0.1) is 17.9 Å². The molecule has 0 saturated carbocycles. The Hall–Kier alpha value is -3.69. The van der Waals surface area contributed by atoms with Crippen molar-refractivity contribution in [2.24, 2.45) is 0 Å². The third kappa shape index (κ3) is 5.10. The van der Waals surface area contributed by atoms with Crippen molar-refractivity contribution < 1.29 is 17.9 Å². The summed E-state index contributed by atoms with van der Waals surface area (Å²) in [4.78, 5) is 29.1. The number of aryl methyl sites for hydroxylation is 1. The number of hydrogen-bond donors (Lipinski definition) is 0. The maximum Gasteiger partial charge on any atom is 0.387 e. The maximum atomic E-state index is 14.6. The first-order valence-corrected chi connectivity index (χ1v) is 12.4. The molecule has 0 N–H and O–H groups in total. The van der Waals surface area contributed by atoms with Crippen molar-refractivity contribution >= 4 is 11.2 Å². The minimum atomic E-state index is -3.02. The van der Waals surface area contributed by atoms with Crippen molar-refractivity contribution in [1.29, 1.82) is 0 Å². The summed E-state index contributed by atoms with van der Waals surface area (Å²) in [6.45, 7) is 1.85. The van der Waals surface area contributed by atoms with E-state index in [1.54, 1.807) is 19.2 Å². The quantitative estimate of drug-likeness (QED) is 0.451. The number of nitrogens with zero attached hydrogens (tertiary/aromatic N) is 5. The Morgan fingerprint density at radius 3 is 2.70 bits per heavy atom. The van der Waals surface area contributed by atoms with E-state index in [1.165, 1.54) is 22.9 Å². The van der Waals surface area contributed by atoms with E-state index in [1.807, 2.05) is 6.92 Å². The highest BCUT2D eigenvalue weighted by atomic mass is 19.3. The van der Waals surface area contributed by atoms with Crippen molar-refractivity contribution in [3.8, 4) is 5.75 Å². The lowest BCUT2D eigenvalue weighted by molar-refractivity contribution is -0.0507. The molecule has 0 atom stereocenters. The third-order valence-corrected chi connectivity index (χ3v) is 7.01. The van der Waals surface area contributed by atoms with Crippen LogP contribution in [-0.4, -0.2) is 44.1 Å². The summed E-state index contributed by atoms with van der Waals surface area (Å²) < 4.78 is 46.6. The summed E-state index contributed by atoms with van der Waals surface area (Å²) in [5.74, 6) is -0.225. The molecule has 3 aromatic rings. The van der Waals surface area contributed by atoms with Crippen LogP contribution < -0.4 is 10.3 Å². The molecule has 1 aliphatic carbocycles. The first-order chi connectivity index (χ1) is 17.8. The lowest BCUT2D eigenvalue weighted by Crippen LogP contribution is -2.36. The number of halogens is 3. The molecule has 0 amide bonds. The predicted octanol–water partition coefficient (Wildman–Crippen LogP) is 5.25. The van der Waals surface area contributed by atoms with E-state index in [-0.39, 0.29) is 35.3 Å². The van der Waals surface area contributed by atoms with E-state index in [2.05, 4.69) is 30.7 Å². The Balaban J connectivity index is 1.49. The molecule has 2 aliphatic rings. The molecule has 0 unspecified atom stereocenters. The van der Waals surface area contributed by atoms with Gasteiger partial charge in [-0.05, 0) is 62.8 Å². The van der Waals surface area contributed by atoms with E-state index >= 15 is 0 Å². The smallest absolute Gasteiger partial charge is 0.387 e. The molecule has 1 fully saturated rings. The van der Waals surface area contributed by atoms with Crippen molar-refractivity contribution in [2.75, 3.05) is 13.1 Å². The van der Waals surface area contributed by atoms with Crippen molar-refractivity contribution in [1.82, 2.24) is 24.4 Å². The maximum absolute atomic E-state index is 14.6. The molecule has 37 heavy (non-hydrogen) atoms. The van der Waals surface area contributed by atoms with Crippen LogP contribution in [-0.2, 0) is 6.54 Å². The van der Waals surface area contributed by atoms with E-state index in [4.69, 9.17) is 0 Å². The van der Waals surface area contributed by atoms with Gasteiger partial charge < -0.3 is 9.64 Å². The summed E-state index contributed by atoms with van der Waals surface area (Å²) in [5, 5.41) is 0. The van der Waals surface area contributed by atoms with Crippen LogP contribution in [0, 0.1) is 6.92 Å². The van der Waals surface area contributed by atoms with Crippen LogP contribution in [0.3, 0.4) is 0 Å². The summed E-state index contributed by atoms with van der Waals surface area (Å²) in [7, 11) is 0. The van der Waals surface area contributed by atoms with E-state index in [0.717, 1.165) is 12.0 Å². The molecule has 1 saturated heterocycles. The monoisotopic (exact) mass is 511 g/mol. The molecule has 10 heteroatoms. The average Bonchev–Trinajstić information content (AvgIpc) is 2.87. The van der Waals surface area contributed by atoms with Gasteiger partial charge in [0, 0.05) is 37.5 Å². The molecule has 3 aromatic heterocycles. The minimum absolute atomic E-state index is 0.0560. The van der Waals surface area contributed by atoms with Gasteiger partial charge in [-0.15, -0.1) is 0 Å². The molecule has 194 valence electrons. The number of piperidine rings is 1. The van der Waals surface area contributed by atoms with Gasteiger partial charge in [0.25, 0.3) is 5.56 Å². The van der Waals surface area contributed by atoms with Gasteiger partial charge in [0.1, 0.15) is 22.8 Å². The molecule has 4 heterocycles. The van der Waals surface area contributed by atoms with Gasteiger partial charge in [-0.2, -0.15) is 8.78 Å². The number of allylic oxidation sites excluding steroid dienone is 3. The van der Waals surface area contributed by atoms with Gasteiger partial charge in [-0.25, -0.2) is 9.37 Å². The number of fused-ring (bicyclic) bond motifs is 1. The Labute approximate surface area is 212 Å². The molecule has 0 bridgehead atoms. The zero-order valence-corrected chi connectivity index (χ0v) is 20.8. The Morgan fingerprint density at radius 2 is 1.97 bits per heavy atom. The fraction of sp³-hybridized carbons (Fsp3) is 0.407. The number of pyridine rings is 2. The predicted molar refractivity (Wildman–Crippen MR) is 133 cm³/mol. The molecule has 0 aromatic carbocycles. The third-order valence-electron chi connectivity index (χ3n) is 7.01. The van der Waals surface area contributed by atoms with Crippen LogP contribution in [0.5, 0.6) is 5.75 Å².